The van der Waals surface area contributed by atoms with Crippen LogP contribution in [-0.4, -0.2) is 31.0 Å². The van der Waals surface area contributed by atoms with Gasteiger partial charge >= 0.3 is 0 Å². The van der Waals surface area contributed by atoms with Crippen LogP contribution in [0.2, 0.25) is 0 Å². The lowest BCUT2D eigenvalue weighted by Gasteiger charge is -2.27. The molecule has 0 bridgehead atoms. The molecule has 6 heteroatoms. The van der Waals surface area contributed by atoms with Gasteiger partial charge in [-0.2, -0.15) is 0 Å². The van der Waals surface area contributed by atoms with Crippen molar-refractivity contribution in [2.75, 3.05) is 19.1 Å². The minimum atomic E-state index is -0.877. The van der Waals surface area contributed by atoms with E-state index in [4.69, 9.17) is 9.47 Å². The molecule has 0 spiro atoms. The molecule has 6 nitrogen and oxygen atoms in total. The number of Topliss-reactive ketones (excluding diaryl/α,β-unsaturated/α-hetero) is 1. The quantitative estimate of drug-likeness (QED) is 0.363. The van der Waals surface area contributed by atoms with E-state index in [9.17, 15) is 14.7 Å². The molecule has 0 saturated carbocycles. The number of carbonyl (C=O) groups excluding carboxylic acids is 2. The average molecular weight is 429 g/mol. The minimum Gasteiger partial charge on any atom is -0.507 e. The highest BCUT2D eigenvalue weighted by Crippen LogP contribution is 2.45. The molecule has 162 valence electrons. The molecule has 1 N–H and O–H groups in total. The SMILES string of the molecule is COc1ccc(C2/C(=C(\O)c3ccccc3)C(=O)C(=O)N2c2cccc(C)c2)c(OC)c1. The Labute approximate surface area is 186 Å². The molecule has 0 aliphatic carbocycles. The fourth-order valence-electron chi connectivity index (χ4n) is 3.97. The van der Waals surface area contributed by atoms with E-state index in [1.54, 1.807) is 55.6 Å². The van der Waals surface area contributed by atoms with Crippen LogP contribution in [0.3, 0.4) is 0 Å². The number of methoxy groups -OCH3 is 2. The van der Waals surface area contributed by atoms with Crippen LogP contribution in [0, 0.1) is 6.92 Å². The Kier molecular flexibility index (Phi) is 5.69. The minimum absolute atomic E-state index is 0.00572. The van der Waals surface area contributed by atoms with E-state index < -0.39 is 17.7 Å². The van der Waals surface area contributed by atoms with Gasteiger partial charge in [0, 0.05) is 22.9 Å². The van der Waals surface area contributed by atoms with Gasteiger partial charge in [0.15, 0.2) is 0 Å². The molecule has 4 rings (SSSR count). The Hall–Kier alpha value is -4.06. The number of anilines is 1. The van der Waals surface area contributed by atoms with Crippen molar-refractivity contribution in [3.63, 3.8) is 0 Å². The van der Waals surface area contributed by atoms with Crippen LogP contribution in [0.1, 0.15) is 22.7 Å². The molecule has 0 aromatic heterocycles. The third kappa shape index (κ3) is 3.60. The fraction of sp³-hybridized carbons (Fsp3) is 0.154. The van der Waals surface area contributed by atoms with E-state index in [0.717, 1.165) is 5.56 Å². The van der Waals surface area contributed by atoms with Gasteiger partial charge in [0.05, 0.1) is 25.8 Å². The van der Waals surface area contributed by atoms with Crippen LogP contribution in [0.25, 0.3) is 5.76 Å². The van der Waals surface area contributed by atoms with Crippen molar-refractivity contribution in [2.24, 2.45) is 0 Å². The first kappa shape index (κ1) is 21.2. The molecule has 1 unspecified atom stereocenters. The molecule has 1 saturated heterocycles. The predicted octanol–water partition coefficient (Wildman–Crippen LogP) is 4.64. The summed E-state index contributed by atoms with van der Waals surface area (Å²) >= 11 is 0. The molecule has 1 atom stereocenters. The molecular formula is C26H23NO5. The number of benzene rings is 3. The zero-order chi connectivity index (χ0) is 22.8. The van der Waals surface area contributed by atoms with Crippen molar-refractivity contribution < 1.29 is 24.2 Å². The lowest BCUT2D eigenvalue weighted by Crippen LogP contribution is -2.29. The summed E-state index contributed by atoms with van der Waals surface area (Å²) in [5.41, 5.74) is 2.51. The van der Waals surface area contributed by atoms with Crippen molar-refractivity contribution in [2.45, 2.75) is 13.0 Å². The first-order chi connectivity index (χ1) is 15.5. The third-order valence-corrected chi connectivity index (χ3v) is 5.51. The van der Waals surface area contributed by atoms with E-state index in [1.807, 2.05) is 31.2 Å². The number of hydrogen-bond acceptors (Lipinski definition) is 5. The molecule has 1 fully saturated rings. The summed E-state index contributed by atoms with van der Waals surface area (Å²) < 4.78 is 10.9. The number of aryl methyl sites for hydroxylation is 1. The Morgan fingerprint density at radius 2 is 1.66 bits per heavy atom. The summed E-state index contributed by atoms with van der Waals surface area (Å²) in [5, 5.41) is 11.1. The normalized spacial score (nSPS) is 17.5. The maximum absolute atomic E-state index is 13.2. The highest BCUT2D eigenvalue weighted by Gasteiger charge is 2.48. The van der Waals surface area contributed by atoms with Crippen LogP contribution in [0.5, 0.6) is 11.5 Å². The van der Waals surface area contributed by atoms with Gasteiger partial charge in [0.25, 0.3) is 11.7 Å². The molecule has 1 heterocycles. The molecule has 3 aromatic rings. The molecule has 0 radical (unpaired) electrons. The second kappa shape index (κ2) is 8.59. The van der Waals surface area contributed by atoms with Crippen molar-refractivity contribution >= 4 is 23.1 Å². The number of ether oxygens (including phenoxy) is 2. The smallest absolute Gasteiger partial charge is 0.300 e. The number of aliphatic hydroxyl groups is 1. The van der Waals surface area contributed by atoms with Crippen molar-refractivity contribution in [1.82, 2.24) is 0 Å². The summed E-state index contributed by atoms with van der Waals surface area (Å²) in [6.07, 6.45) is 0. The van der Waals surface area contributed by atoms with Crippen molar-refractivity contribution in [3.05, 3.63) is 95.1 Å². The molecule has 1 amide bonds. The number of carbonyl (C=O) groups is 2. The summed E-state index contributed by atoms with van der Waals surface area (Å²) in [5.74, 6) is -0.692. The van der Waals surface area contributed by atoms with Crippen molar-refractivity contribution in [3.8, 4) is 11.5 Å². The van der Waals surface area contributed by atoms with Crippen LogP contribution in [0.4, 0.5) is 5.69 Å². The first-order valence-electron chi connectivity index (χ1n) is 10.1. The number of nitrogens with zero attached hydrogens (tertiary/aromatic N) is 1. The van der Waals surface area contributed by atoms with Gasteiger partial charge in [-0.3, -0.25) is 14.5 Å². The summed E-state index contributed by atoms with van der Waals surface area (Å²) in [6, 6.07) is 20.3. The van der Waals surface area contributed by atoms with Gasteiger partial charge in [-0.05, 0) is 36.8 Å². The van der Waals surface area contributed by atoms with Crippen molar-refractivity contribution in [1.29, 1.82) is 0 Å². The number of rotatable bonds is 5. The third-order valence-electron chi connectivity index (χ3n) is 5.51. The second-order valence-electron chi connectivity index (χ2n) is 7.48. The number of aliphatic hydroxyl groups excluding tert-OH is 1. The van der Waals surface area contributed by atoms with Gasteiger partial charge in [0.1, 0.15) is 17.3 Å². The summed E-state index contributed by atoms with van der Waals surface area (Å²) in [4.78, 5) is 27.9. The number of hydrogen-bond donors (Lipinski definition) is 1. The number of amides is 1. The Balaban J connectivity index is 2.00. The van der Waals surface area contributed by atoms with Gasteiger partial charge in [-0.25, -0.2) is 0 Å². The van der Waals surface area contributed by atoms with Gasteiger partial charge in [-0.1, -0.05) is 42.5 Å². The molecule has 3 aromatic carbocycles. The van der Waals surface area contributed by atoms with E-state index in [-0.39, 0.29) is 11.3 Å². The van der Waals surface area contributed by atoms with Crippen LogP contribution < -0.4 is 14.4 Å². The van der Waals surface area contributed by atoms with Gasteiger partial charge in [0.2, 0.25) is 0 Å². The van der Waals surface area contributed by atoms with E-state index in [2.05, 4.69) is 0 Å². The topological polar surface area (TPSA) is 76.1 Å². The second-order valence-corrected chi connectivity index (χ2v) is 7.48. The summed E-state index contributed by atoms with van der Waals surface area (Å²) in [6.45, 7) is 1.91. The monoisotopic (exact) mass is 429 g/mol. The van der Waals surface area contributed by atoms with E-state index in [1.165, 1.54) is 12.0 Å². The molecule has 1 aliphatic heterocycles. The van der Waals surface area contributed by atoms with Crippen LogP contribution >= 0.6 is 0 Å². The number of ketones is 1. The molecular weight excluding hydrogens is 406 g/mol. The molecule has 32 heavy (non-hydrogen) atoms. The Bertz CT molecular complexity index is 1220. The lowest BCUT2D eigenvalue weighted by atomic mass is 9.94. The largest absolute Gasteiger partial charge is 0.507 e. The van der Waals surface area contributed by atoms with E-state index in [0.29, 0.717) is 28.3 Å². The predicted molar refractivity (Wildman–Crippen MR) is 122 cm³/mol. The zero-order valence-corrected chi connectivity index (χ0v) is 18.0. The average Bonchev–Trinajstić information content (AvgIpc) is 3.08. The maximum atomic E-state index is 13.2. The maximum Gasteiger partial charge on any atom is 0.300 e. The highest BCUT2D eigenvalue weighted by atomic mass is 16.5. The standard InChI is InChI=1S/C26H23NO5/c1-16-8-7-11-18(14-16)27-23(20-13-12-19(31-2)15-21(20)32-3)22(25(29)26(27)30)24(28)17-9-5-4-6-10-17/h4-15,23,28H,1-3H3/b24-22+. The van der Waals surface area contributed by atoms with Crippen LogP contribution in [-0.2, 0) is 9.59 Å². The zero-order valence-electron chi connectivity index (χ0n) is 18.0. The Morgan fingerprint density at radius 1 is 0.906 bits per heavy atom. The Morgan fingerprint density at radius 3 is 2.31 bits per heavy atom. The first-order valence-corrected chi connectivity index (χ1v) is 10.1. The van der Waals surface area contributed by atoms with Gasteiger partial charge in [-0.15, -0.1) is 0 Å². The lowest BCUT2D eigenvalue weighted by molar-refractivity contribution is -0.132. The summed E-state index contributed by atoms with van der Waals surface area (Å²) in [7, 11) is 3.05. The van der Waals surface area contributed by atoms with Crippen LogP contribution in [0.15, 0.2) is 78.4 Å². The fourth-order valence-corrected chi connectivity index (χ4v) is 3.97. The van der Waals surface area contributed by atoms with Gasteiger partial charge < -0.3 is 14.6 Å². The van der Waals surface area contributed by atoms with E-state index >= 15 is 0 Å². The highest BCUT2D eigenvalue weighted by molar-refractivity contribution is 6.51. The molecule has 1 aliphatic rings.